The van der Waals surface area contributed by atoms with Crippen LogP contribution < -0.4 is 10.1 Å². The fraction of sp³-hybridized carbons (Fsp3) is 0.0909. The molecule has 2 aromatic carbocycles. The number of nitrogens with zero attached hydrogens (tertiary/aromatic N) is 3. The number of aromatic nitrogens is 3. The van der Waals surface area contributed by atoms with Gasteiger partial charge in [-0.25, -0.2) is 4.98 Å². The van der Waals surface area contributed by atoms with Gasteiger partial charge in [0.25, 0.3) is 0 Å². The van der Waals surface area contributed by atoms with E-state index in [-0.39, 0.29) is 18.2 Å². The van der Waals surface area contributed by atoms with Crippen LogP contribution in [0.4, 0.5) is 11.4 Å². The Kier molecular flexibility index (Phi) is 6.04. The summed E-state index contributed by atoms with van der Waals surface area (Å²) in [6, 6.07) is 15.1. The van der Waals surface area contributed by atoms with Crippen LogP contribution in [0.25, 0.3) is 10.9 Å². The van der Waals surface area contributed by atoms with Crippen LogP contribution in [0, 0.1) is 6.92 Å². The molecule has 146 valence electrons. The first kappa shape index (κ1) is 20.2. The highest BCUT2D eigenvalue weighted by molar-refractivity contribution is 6.10. The highest BCUT2D eigenvalue weighted by atomic mass is 35.5. The van der Waals surface area contributed by atoms with Gasteiger partial charge in [0.2, 0.25) is 5.78 Å². The molecule has 0 saturated carbocycles. The molecular weight excluding hydrogens is 388 g/mol. The van der Waals surface area contributed by atoms with E-state index in [2.05, 4.69) is 20.3 Å². The molecule has 0 spiro atoms. The van der Waals surface area contributed by atoms with Gasteiger partial charge in [-0.1, -0.05) is 6.07 Å². The average molecular weight is 407 g/mol. The predicted octanol–water partition coefficient (Wildman–Crippen LogP) is 4.74. The van der Waals surface area contributed by atoms with Gasteiger partial charge in [0.1, 0.15) is 11.4 Å². The van der Waals surface area contributed by atoms with Crippen LogP contribution in [0.2, 0.25) is 0 Å². The highest BCUT2D eigenvalue weighted by Crippen LogP contribution is 2.29. The number of nitrogens with one attached hydrogen (secondary N) is 1. The molecule has 2 aromatic heterocycles. The van der Waals surface area contributed by atoms with Gasteiger partial charge < -0.3 is 10.1 Å². The molecule has 0 saturated heterocycles. The Morgan fingerprint density at radius 2 is 1.93 bits per heavy atom. The minimum Gasteiger partial charge on any atom is -0.497 e. The summed E-state index contributed by atoms with van der Waals surface area (Å²) < 4.78 is 5.29. The van der Waals surface area contributed by atoms with Crippen LogP contribution in [0.1, 0.15) is 21.7 Å². The van der Waals surface area contributed by atoms with Crippen LogP contribution in [0.3, 0.4) is 0 Å². The van der Waals surface area contributed by atoms with Crippen molar-refractivity contribution >= 4 is 40.5 Å². The van der Waals surface area contributed by atoms with Crippen LogP contribution in [-0.2, 0) is 0 Å². The molecule has 0 aliphatic rings. The maximum absolute atomic E-state index is 12.8. The summed E-state index contributed by atoms with van der Waals surface area (Å²) >= 11 is 0. The molecule has 0 fully saturated rings. The molecule has 0 unspecified atom stereocenters. The number of halogens is 1. The molecular formula is C22H19ClN4O2. The lowest BCUT2D eigenvalue weighted by atomic mass is 10.0. The maximum atomic E-state index is 12.8. The summed E-state index contributed by atoms with van der Waals surface area (Å²) in [5.74, 6) is 0.585. The summed E-state index contributed by atoms with van der Waals surface area (Å²) in [6.07, 6.45) is 4.52. The van der Waals surface area contributed by atoms with E-state index in [1.165, 1.54) is 12.4 Å². The van der Waals surface area contributed by atoms with E-state index in [0.717, 1.165) is 33.7 Å². The summed E-state index contributed by atoms with van der Waals surface area (Å²) in [4.78, 5) is 25.4. The molecule has 4 aromatic rings. The molecule has 6 nitrogen and oxygen atoms in total. The standard InChI is InChI=1S/C22H18N4O2.ClH/c1-14-10-20(26-16-4-3-5-17(12-16)28-2)18-11-15(6-7-19(18)25-14)22(27)21-13-23-8-9-24-21;/h3-13H,1-2H3,(H,25,26);1H. The molecule has 4 rings (SSSR count). The molecule has 0 bridgehead atoms. The third kappa shape index (κ3) is 4.33. The van der Waals surface area contributed by atoms with Crippen molar-refractivity contribution in [1.29, 1.82) is 0 Å². The number of hydrogen-bond donors (Lipinski definition) is 1. The fourth-order valence-corrected chi connectivity index (χ4v) is 3.02. The number of carbonyl (C=O) groups excluding carboxylic acids is 1. The Balaban J connectivity index is 0.00000240. The lowest BCUT2D eigenvalue weighted by Gasteiger charge is -2.12. The number of pyridine rings is 1. The van der Waals surface area contributed by atoms with Gasteiger partial charge in [-0.05, 0) is 43.3 Å². The maximum Gasteiger partial charge on any atom is 0.212 e. The van der Waals surface area contributed by atoms with Crippen LogP contribution in [-0.4, -0.2) is 27.8 Å². The summed E-state index contributed by atoms with van der Waals surface area (Å²) in [5, 5.41) is 4.26. The monoisotopic (exact) mass is 406 g/mol. The van der Waals surface area contributed by atoms with Crippen molar-refractivity contribution in [2.24, 2.45) is 0 Å². The van der Waals surface area contributed by atoms with Crippen LogP contribution >= 0.6 is 12.4 Å². The smallest absolute Gasteiger partial charge is 0.212 e. The van der Waals surface area contributed by atoms with Gasteiger partial charge in [0, 0.05) is 46.5 Å². The minimum atomic E-state index is -0.178. The number of fused-ring (bicyclic) bond motifs is 1. The molecule has 0 radical (unpaired) electrons. The summed E-state index contributed by atoms with van der Waals surface area (Å²) in [7, 11) is 1.63. The zero-order valence-corrected chi connectivity index (χ0v) is 16.7. The van der Waals surface area contributed by atoms with Crippen molar-refractivity contribution in [3.63, 3.8) is 0 Å². The second-order valence-corrected chi connectivity index (χ2v) is 6.32. The lowest BCUT2D eigenvalue weighted by molar-refractivity contribution is 0.103. The molecule has 7 heteroatoms. The Morgan fingerprint density at radius 3 is 2.69 bits per heavy atom. The number of aryl methyl sites for hydroxylation is 1. The van der Waals surface area contributed by atoms with Gasteiger partial charge >= 0.3 is 0 Å². The quantitative estimate of drug-likeness (QED) is 0.482. The fourth-order valence-electron chi connectivity index (χ4n) is 3.02. The van der Waals surface area contributed by atoms with Gasteiger partial charge in [0.05, 0.1) is 18.8 Å². The first-order valence-electron chi connectivity index (χ1n) is 8.77. The number of rotatable bonds is 5. The molecule has 29 heavy (non-hydrogen) atoms. The largest absolute Gasteiger partial charge is 0.497 e. The molecule has 0 atom stereocenters. The number of carbonyl (C=O) groups is 1. The Hall–Kier alpha value is -3.51. The Morgan fingerprint density at radius 1 is 1.07 bits per heavy atom. The van der Waals surface area contributed by atoms with Crippen molar-refractivity contribution in [2.45, 2.75) is 6.92 Å². The molecule has 1 N–H and O–H groups in total. The Bertz CT molecular complexity index is 1170. The van der Waals surface area contributed by atoms with Crippen molar-refractivity contribution in [3.05, 3.63) is 84.1 Å². The first-order valence-corrected chi connectivity index (χ1v) is 8.77. The highest BCUT2D eigenvalue weighted by Gasteiger charge is 2.13. The van der Waals surface area contributed by atoms with Crippen LogP contribution in [0.15, 0.2) is 67.1 Å². The van der Waals surface area contributed by atoms with Gasteiger partial charge in [0.15, 0.2) is 0 Å². The summed E-state index contributed by atoms with van der Waals surface area (Å²) in [5.41, 5.74) is 4.28. The molecule has 0 amide bonds. The predicted molar refractivity (Wildman–Crippen MR) is 115 cm³/mol. The van der Waals surface area contributed by atoms with Crippen molar-refractivity contribution in [1.82, 2.24) is 15.0 Å². The number of ether oxygens (including phenoxy) is 1. The third-order valence-corrected chi connectivity index (χ3v) is 4.34. The van der Waals surface area contributed by atoms with E-state index < -0.39 is 0 Å². The molecule has 0 aliphatic carbocycles. The third-order valence-electron chi connectivity index (χ3n) is 4.34. The van der Waals surface area contributed by atoms with Crippen molar-refractivity contribution in [2.75, 3.05) is 12.4 Å². The van der Waals surface area contributed by atoms with E-state index in [0.29, 0.717) is 11.3 Å². The van der Waals surface area contributed by atoms with Crippen LogP contribution in [0.5, 0.6) is 5.75 Å². The van der Waals surface area contributed by atoms with E-state index in [1.807, 2.05) is 49.4 Å². The van der Waals surface area contributed by atoms with Gasteiger partial charge in [-0.15, -0.1) is 12.4 Å². The van der Waals surface area contributed by atoms with E-state index in [9.17, 15) is 4.79 Å². The van der Waals surface area contributed by atoms with Crippen molar-refractivity contribution < 1.29 is 9.53 Å². The number of benzene rings is 2. The number of methoxy groups -OCH3 is 1. The second kappa shape index (κ2) is 8.67. The normalized spacial score (nSPS) is 10.3. The zero-order chi connectivity index (χ0) is 19.5. The van der Waals surface area contributed by atoms with Crippen molar-refractivity contribution in [3.8, 4) is 5.75 Å². The minimum absolute atomic E-state index is 0. The Labute approximate surface area is 174 Å². The lowest BCUT2D eigenvalue weighted by Crippen LogP contribution is -2.05. The second-order valence-electron chi connectivity index (χ2n) is 6.32. The molecule has 2 heterocycles. The number of ketones is 1. The number of anilines is 2. The van der Waals surface area contributed by atoms with Gasteiger partial charge in [-0.3, -0.25) is 14.8 Å². The summed E-state index contributed by atoms with van der Waals surface area (Å²) in [6.45, 7) is 1.94. The van der Waals surface area contributed by atoms with E-state index in [4.69, 9.17) is 4.74 Å². The van der Waals surface area contributed by atoms with Gasteiger partial charge in [-0.2, -0.15) is 0 Å². The zero-order valence-electron chi connectivity index (χ0n) is 15.9. The topological polar surface area (TPSA) is 77.0 Å². The SMILES string of the molecule is COc1cccc(Nc2cc(C)nc3ccc(C(=O)c4cnccn4)cc23)c1.Cl. The molecule has 0 aliphatic heterocycles. The van der Waals surface area contributed by atoms with E-state index in [1.54, 1.807) is 19.4 Å². The first-order chi connectivity index (χ1) is 13.6. The number of hydrogen-bond acceptors (Lipinski definition) is 6. The average Bonchev–Trinajstić information content (AvgIpc) is 2.73. The van der Waals surface area contributed by atoms with E-state index >= 15 is 0 Å².